The maximum absolute atomic E-state index is 12.2. The molecule has 5 nitrogen and oxygen atoms in total. The largest absolute Gasteiger partial charge is 0.462 e. The van der Waals surface area contributed by atoms with Gasteiger partial charge in [-0.3, -0.25) is 9.59 Å². The first-order chi connectivity index (χ1) is 28.1. The van der Waals surface area contributed by atoms with Crippen molar-refractivity contribution >= 4 is 11.9 Å². The molecule has 0 rings (SSSR count). The Balaban J connectivity index is 3.57. The second kappa shape index (κ2) is 47.5. The van der Waals surface area contributed by atoms with Gasteiger partial charge < -0.3 is 14.6 Å². The number of unbranched alkanes of at least 4 members (excludes halogenated alkanes) is 20. The second-order valence-corrected chi connectivity index (χ2v) is 15.4. The van der Waals surface area contributed by atoms with Crippen LogP contribution in [0.3, 0.4) is 0 Å². The smallest absolute Gasteiger partial charge is 0.306 e. The normalized spacial score (nSPS) is 13.0. The average molecular weight is 793 g/mol. The number of aliphatic hydroxyl groups excluding tert-OH is 1. The van der Waals surface area contributed by atoms with Gasteiger partial charge in [0.2, 0.25) is 0 Å². The van der Waals surface area contributed by atoms with Crippen LogP contribution in [0.4, 0.5) is 0 Å². The van der Waals surface area contributed by atoms with Gasteiger partial charge in [0.15, 0.2) is 6.10 Å². The lowest BCUT2D eigenvalue weighted by Gasteiger charge is -2.15. The van der Waals surface area contributed by atoms with Crippen molar-refractivity contribution in [2.75, 3.05) is 13.2 Å². The van der Waals surface area contributed by atoms with Gasteiger partial charge in [-0.05, 0) is 89.9 Å². The van der Waals surface area contributed by atoms with Gasteiger partial charge in [-0.15, -0.1) is 0 Å². The van der Waals surface area contributed by atoms with Crippen LogP contribution in [0.1, 0.15) is 213 Å². The summed E-state index contributed by atoms with van der Waals surface area (Å²) in [6, 6.07) is 0. The third kappa shape index (κ3) is 45.7. The molecule has 57 heavy (non-hydrogen) atoms. The molecule has 0 aliphatic heterocycles. The van der Waals surface area contributed by atoms with Crippen molar-refractivity contribution in [3.8, 4) is 0 Å². The fourth-order valence-electron chi connectivity index (χ4n) is 6.38. The van der Waals surface area contributed by atoms with E-state index in [-0.39, 0.29) is 25.2 Å². The molecule has 0 aliphatic carbocycles. The van der Waals surface area contributed by atoms with Gasteiger partial charge in [-0.2, -0.15) is 0 Å². The van der Waals surface area contributed by atoms with Crippen molar-refractivity contribution < 1.29 is 24.2 Å². The number of hydrogen-bond donors (Lipinski definition) is 1. The van der Waals surface area contributed by atoms with Crippen molar-refractivity contribution in [1.82, 2.24) is 0 Å². The van der Waals surface area contributed by atoms with E-state index in [0.717, 1.165) is 83.5 Å². The Hall–Kier alpha value is -2.92. The summed E-state index contributed by atoms with van der Waals surface area (Å²) in [4.78, 5) is 24.4. The highest BCUT2D eigenvalue weighted by Gasteiger charge is 2.16. The molecule has 326 valence electrons. The number of carbonyl (C=O) groups is 2. The number of aliphatic hydroxyl groups is 1. The van der Waals surface area contributed by atoms with E-state index >= 15 is 0 Å². The van der Waals surface area contributed by atoms with E-state index in [9.17, 15) is 14.7 Å². The lowest BCUT2D eigenvalue weighted by molar-refractivity contribution is -0.161. The summed E-state index contributed by atoms with van der Waals surface area (Å²) in [6.45, 7) is 4.00. The van der Waals surface area contributed by atoms with Crippen molar-refractivity contribution in [3.63, 3.8) is 0 Å². The highest BCUT2D eigenvalue weighted by atomic mass is 16.6. The van der Waals surface area contributed by atoms with E-state index < -0.39 is 6.10 Å². The van der Waals surface area contributed by atoms with Crippen LogP contribution < -0.4 is 0 Å². The molecule has 0 amide bonds. The Bertz CT molecular complexity index is 1080. The van der Waals surface area contributed by atoms with Crippen LogP contribution in [0.15, 0.2) is 85.1 Å². The van der Waals surface area contributed by atoms with E-state index in [4.69, 9.17) is 9.47 Å². The van der Waals surface area contributed by atoms with E-state index in [2.05, 4.69) is 98.9 Å². The van der Waals surface area contributed by atoms with Gasteiger partial charge in [-0.1, -0.05) is 195 Å². The highest BCUT2D eigenvalue weighted by Crippen LogP contribution is 2.14. The first-order valence-electron chi connectivity index (χ1n) is 23.6. The third-order valence-electron chi connectivity index (χ3n) is 9.92. The van der Waals surface area contributed by atoms with Gasteiger partial charge in [0.1, 0.15) is 6.61 Å². The number of carbonyl (C=O) groups excluding carboxylic acids is 2. The molecule has 0 spiro atoms. The Labute approximate surface area is 352 Å². The van der Waals surface area contributed by atoms with Crippen LogP contribution in [0, 0.1) is 0 Å². The van der Waals surface area contributed by atoms with E-state index in [0.29, 0.717) is 12.8 Å². The Kier molecular flexibility index (Phi) is 45.0. The summed E-state index contributed by atoms with van der Waals surface area (Å²) in [6.07, 6.45) is 65.1. The SMILES string of the molecule is CC/C=C\C/C=C\C/C=C\C/C=C\C/C=C\CCCCCCCCCCCC(=O)OC(CO)COC(=O)CCCCCCCCC/C=C\C/C=C\CCCCCC. The minimum Gasteiger partial charge on any atom is -0.462 e. The third-order valence-corrected chi connectivity index (χ3v) is 9.92. The molecule has 0 aromatic carbocycles. The lowest BCUT2D eigenvalue weighted by atomic mass is 10.1. The van der Waals surface area contributed by atoms with E-state index in [1.807, 2.05) is 0 Å². The van der Waals surface area contributed by atoms with Crippen LogP contribution in [-0.4, -0.2) is 36.4 Å². The zero-order valence-corrected chi connectivity index (χ0v) is 37.1. The molecular formula is C52H88O5. The highest BCUT2D eigenvalue weighted by molar-refractivity contribution is 5.70. The Morgan fingerprint density at radius 1 is 0.421 bits per heavy atom. The summed E-state index contributed by atoms with van der Waals surface area (Å²) in [5.41, 5.74) is 0. The molecule has 0 fully saturated rings. The number of allylic oxidation sites excluding steroid dienone is 14. The van der Waals surface area contributed by atoms with Crippen molar-refractivity contribution in [2.24, 2.45) is 0 Å². The lowest BCUT2D eigenvalue weighted by Crippen LogP contribution is -2.28. The fraction of sp³-hybridized carbons (Fsp3) is 0.692. The molecule has 0 saturated carbocycles. The quantitative estimate of drug-likeness (QED) is 0.0379. The summed E-state index contributed by atoms with van der Waals surface area (Å²) in [5.74, 6) is -0.609. The van der Waals surface area contributed by atoms with Crippen molar-refractivity contribution in [3.05, 3.63) is 85.1 Å². The zero-order valence-electron chi connectivity index (χ0n) is 37.1. The maximum atomic E-state index is 12.2. The molecule has 0 aromatic heterocycles. The molecule has 0 radical (unpaired) electrons. The van der Waals surface area contributed by atoms with Gasteiger partial charge >= 0.3 is 11.9 Å². The predicted octanol–water partition coefficient (Wildman–Crippen LogP) is 15.5. The number of ether oxygens (including phenoxy) is 2. The van der Waals surface area contributed by atoms with E-state index in [1.165, 1.54) is 103 Å². The number of esters is 2. The molecule has 1 atom stereocenters. The maximum Gasteiger partial charge on any atom is 0.306 e. The van der Waals surface area contributed by atoms with E-state index in [1.54, 1.807) is 0 Å². The number of hydrogen-bond acceptors (Lipinski definition) is 5. The minimum absolute atomic E-state index is 0.0762. The molecule has 1 unspecified atom stereocenters. The van der Waals surface area contributed by atoms with Gasteiger partial charge in [0, 0.05) is 12.8 Å². The first kappa shape index (κ1) is 54.1. The van der Waals surface area contributed by atoms with Crippen LogP contribution in [0.5, 0.6) is 0 Å². The Morgan fingerprint density at radius 2 is 0.754 bits per heavy atom. The molecule has 0 saturated heterocycles. The fourth-order valence-corrected chi connectivity index (χ4v) is 6.38. The predicted molar refractivity (Wildman–Crippen MR) is 246 cm³/mol. The zero-order chi connectivity index (χ0) is 41.4. The molecule has 0 aromatic rings. The molecule has 1 N–H and O–H groups in total. The molecular weight excluding hydrogens is 705 g/mol. The standard InChI is InChI=1S/C52H88O5/c1-3-5-7-9-11-13-15-17-19-21-23-24-25-26-27-28-29-31-33-35-37-39-41-43-45-47-52(55)57-50(48-53)49-56-51(54)46-44-42-40-38-36-34-32-30-22-20-18-16-14-12-10-8-6-4-2/h5,7,11,13-14,16-17,19-20,22-24,26-27,50,53H,3-4,6,8-10,12,15,18,21,25,28-49H2,1-2H3/b7-5-,13-11-,16-14-,19-17-,22-20-,24-23-,27-26-. The van der Waals surface area contributed by atoms with Gasteiger partial charge in [0.25, 0.3) is 0 Å². The summed E-state index contributed by atoms with van der Waals surface area (Å²) in [5, 5.41) is 9.61. The van der Waals surface area contributed by atoms with Crippen LogP contribution >= 0.6 is 0 Å². The van der Waals surface area contributed by atoms with Crippen molar-refractivity contribution in [1.29, 1.82) is 0 Å². The summed E-state index contributed by atoms with van der Waals surface area (Å²) in [7, 11) is 0. The molecule has 0 aliphatic rings. The summed E-state index contributed by atoms with van der Waals surface area (Å²) < 4.78 is 10.7. The average Bonchev–Trinajstić information content (AvgIpc) is 3.21. The van der Waals surface area contributed by atoms with Gasteiger partial charge in [0.05, 0.1) is 6.61 Å². The summed E-state index contributed by atoms with van der Waals surface area (Å²) >= 11 is 0. The number of rotatable bonds is 42. The topological polar surface area (TPSA) is 72.8 Å². The monoisotopic (exact) mass is 793 g/mol. The molecule has 0 bridgehead atoms. The van der Waals surface area contributed by atoms with Crippen LogP contribution in [-0.2, 0) is 19.1 Å². The first-order valence-corrected chi connectivity index (χ1v) is 23.6. The molecule has 5 heteroatoms. The van der Waals surface area contributed by atoms with Crippen LogP contribution in [0.2, 0.25) is 0 Å². The minimum atomic E-state index is -0.783. The Morgan fingerprint density at radius 3 is 1.14 bits per heavy atom. The van der Waals surface area contributed by atoms with Crippen molar-refractivity contribution in [2.45, 2.75) is 219 Å². The molecule has 0 heterocycles. The van der Waals surface area contributed by atoms with Gasteiger partial charge in [-0.25, -0.2) is 0 Å². The van der Waals surface area contributed by atoms with Crippen LogP contribution in [0.25, 0.3) is 0 Å². The second-order valence-electron chi connectivity index (χ2n) is 15.4.